The maximum Gasteiger partial charge on any atom is 0.312 e. The number of rotatable bonds is 16. The standard InChI is InChI=1S/C29H53NO2.BrH/c1-5-6-7-8-9-10-11-12-13-14-15-27(22-30(3)4)23(2)32-28(31)29-19-24-16-25(20-29)18-26(17-24)21-29;/h23-27H,5-22H2,1-4H3;1H. The van der Waals surface area contributed by atoms with E-state index in [1.165, 1.54) is 89.9 Å². The lowest BCUT2D eigenvalue weighted by Gasteiger charge is -2.55. The number of ether oxygens (including phenoxy) is 1. The van der Waals surface area contributed by atoms with Gasteiger partial charge in [-0.25, -0.2) is 0 Å². The number of nitrogens with zero attached hydrogens (tertiary/aromatic N) is 1. The summed E-state index contributed by atoms with van der Waals surface area (Å²) in [4.78, 5) is 15.7. The van der Waals surface area contributed by atoms with Gasteiger partial charge in [0, 0.05) is 12.5 Å². The number of hydrogen-bond donors (Lipinski definition) is 0. The fourth-order valence-corrected chi connectivity index (χ4v) is 7.59. The van der Waals surface area contributed by atoms with Crippen LogP contribution in [0.1, 0.15) is 123 Å². The van der Waals surface area contributed by atoms with E-state index in [1.54, 1.807) is 0 Å². The first kappa shape index (κ1) is 29.1. The maximum absolute atomic E-state index is 13.4. The third kappa shape index (κ3) is 8.81. The second-order valence-electron chi connectivity index (χ2n) is 12.3. The predicted octanol–water partition coefficient (Wildman–Crippen LogP) is 8.20. The third-order valence-corrected chi connectivity index (χ3v) is 8.96. The fraction of sp³-hybridized carbons (Fsp3) is 0.966. The van der Waals surface area contributed by atoms with Crippen LogP contribution < -0.4 is 0 Å². The van der Waals surface area contributed by atoms with Crippen molar-refractivity contribution in [1.82, 2.24) is 4.90 Å². The van der Waals surface area contributed by atoms with E-state index in [0.717, 1.165) is 43.6 Å². The van der Waals surface area contributed by atoms with Crippen LogP contribution in [0.4, 0.5) is 0 Å². The molecule has 4 heteroatoms. The van der Waals surface area contributed by atoms with Crippen molar-refractivity contribution >= 4 is 23.0 Å². The molecule has 4 rings (SSSR count). The zero-order valence-electron chi connectivity index (χ0n) is 22.3. The van der Waals surface area contributed by atoms with E-state index in [1.807, 2.05) is 0 Å². The summed E-state index contributed by atoms with van der Waals surface area (Å²) >= 11 is 0. The van der Waals surface area contributed by atoms with Crippen molar-refractivity contribution in [3.8, 4) is 0 Å². The molecule has 2 atom stereocenters. The van der Waals surface area contributed by atoms with Crippen LogP contribution in [0.3, 0.4) is 0 Å². The molecule has 0 radical (unpaired) electrons. The van der Waals surface area contributed by atoms with Gasteiger partial charge in [0.25, 0.3) is 0 Å². The van der Waals surface area contributed by atoms with Crippen LogP contribution in [0.25, 0.3) is 0 Å². The van der Waals surface area contributed by atoms with E-state index in [9.17, 15) is 4.79 Å². The summed E-state index contributed by atoms with van der Waals surface area (Å²) in [5, 5.41) is 0. The average Bonchev–Trinajstić information content (AvgIpc) is 2.73. The molecule has 0 aliphatic heterocycles. The number of unbranched alkanes of at least 4 members (excludes halogenated alkanes) is 9. The molecule has 0 aromatic carbocycles. The molecular weight excluding hydrogens is 474 g/mol. The molecule has 0 aromatic rings. The first-order chi connectivity index (χ1) is 15.4. The molecule has 0 heterocycles. The summed E-state index contributed by atoms with van der Waals surface area (Å²) < 4.78 is 6.27. The van der Waals surface area contributed by atoms with Crippen LogP contribution in [0, 0.1) is 29.1 Å². The van der Waals surface area contributed by atoms with Crippen LogP contribution in [0.2, 0.25) is 0 Å². The molecule has 2 unspecified atom stereocenters. The SMILES string of the molecule is Br.CCCCCCCCCCCCC(CN(C)C)C(C)OC(=O)C12CC3CC(CC(C3)C1)C2. The van der Waals surface area contributed by atoms with E-state index in [2.05, 4.69) is 32.8 Å². The Morgan fingerprint density at radius 1 is 0.848 bits per heavy atom. The predicted molar refractivity (Wildman–Crippen MR) is 145 cm³/mol. The smallest absolute Gasteiger partial charge is 0.312 e. The lowest BCUT2D eigenvalue weighted by Crippen LogP contribution is -2.51. The molecule has 4 bridgehead atoms. The minimum absolute atomic E-state index is 0. The highest BCUT2D eigenvalue weighted by Gasteiger charge is 2.55. The van der Waals surface area contributed by atoms with Gasteiger partial charge < -0.3 is 9.64 Å². The lowest BCUT2D eigenvalue weighted by molar-refractivity contribution is -0.179. The minimum atomic E-state index is -0.122. The monoisotopic (exact) mass is 527 g/mol. The van der Waals surface area contributed by atoms with E-state index in [4.69, 9.17) is 4.74 Å². The fourth-order valence-electron chi connectivity index (χ4n) is 7.59. The number of carbonyl (C=O) groups is 1. The highest BCUT2D eigenvalue weighted by atomic mass is 79.9. The average molecular weight is 529 g/mol. The molecular formula is C29H54BrNO2. The molecule has 4 aliphatic carbocycles. The lowest BCUT2D eigenvalue weighted by atomic mass is 9.49. The highest BCUT2D eigenvalue weighted by Crippen LogP contribution is 2.60. The molecule has 0 aromatic heterocycles. The first-order valence-corrected chi connectivity index (χ1v) is 14.3. The summed E-state index contributed by atoms with van der Waals surface area (Å²) in [6.07, 6.45) is 22.5. The van der Waals surface area contributed by atoms with Gasteiger partial charge in [-0.15, -0.1) is 17.0 Å². The second-order valence-corrected chi connectivity index (χ2v) is 12.3. The summed E-state index contributed by atoms with van der Waals surface area (Å²) in [6, 6.07) is 0. The van der Waals surface area contributed by atoms with Gasteiger partial charge in [0.05, 0.1) is 5.41 Å². The Balaban J connectivity index is 0.00000385. The summed E-state index contributed by atoms with van der Waals surface area (Å²) in [7, 11) is 4.30. The van der Waals surface area contributed by atoms with E-state index >= 15 is 0 Å². The van der Waals surface area contributed by atoms with E-state index < -0.39 is 0 Å². The molecule has 0 spiro atoms. The van der Waals surface area contributed by atoms with Gasteiger partial charge in [0.2, 0.25) is 0 Å². The Bertz CT molecular complexity index is 529. The van der Waals surface area contributed by atoms with E-state index in [-0.39, 0.29) is 34.5 Å². The van der Waals surface area contributed by atoms with Crippen molar-refractivity contribution in [3.63, 3.8) is 0 Å². The topological polar surface area (TPSA) is 29.5 Å². The number of carbonyl (C=O) groups excluding carboxylic acids is 1. The number of hydrogen-bond acceptors (Lipinski definition) is 3. The molecule has 4 fully saturated rings. The number of esters is 1. The van der Waals surface area contributed by atoms with Gasteiger partial charge in [0.1, 0.15) is 6.10 Å². The van der Waals surface area contributed by atoms with Gasteiger partial charge in [-0.3, -0.25) is 4.79 Å². The van der Waals surface area contributed by atoms with Gasteiger partial charge in [-0.05, 0) is 83.7 Å². The van der Waals surface area contributed by atoms with Crippen LogP contribution in [-0.2, 0) is 9.53 Å². The largest absolute Gasteiger partial charge is 0.462 e. The van der Waals surface area contributed by atoms with Crippen molar-refractivity contribution in [1.29, 1.82) is 0 Å². The summed E-state index contributed by atoms with van der Waals surface area (Å²) in [6.45, 7) is 5.48. The Labute approximate surface area is 215 Å². The normalized spacial score (nSPS) is 29.7. The second kappa shape index (κ2) is 14.5. The molecule has 3 nitrogen and oxygen atoms in total. The van der Waals surface area contributed by atoms with Crippen molar-refractivity contribution in [2.45, 2.75) is 129 Å². The zero-order chi connectivity index (χ0) is 23.0. The molecule has 0 N–H and O–H groups in total. The van der Waals surface area contributed by atoms with E-state index in [0.29, 0.717) is 5.92 Å². The van der Waals surface area contributed by atoms with Crippen LogP contribution in [0.5, 0.6) is 0 Å². The van der Waals surface area contributed by atoms with Gasteiger partial charge in [0.15, 0.2) is 0 Å². The molecule has 194 valence electrons. The van der Waals surface area contributed by atoms with Crippen molar-refractivity contribution in [2.75, 3.05) is 20.6 Å². The Morgan fingerprint density at radius 3 is 1.76 bits per heavy atom. The third-order valence-electron chi connectivity index (χ3n) is 8.96. The van der Waals surface area contributed by atoms with Gasteiger partial charge in [-0.1, -0.05) is 71.1 Å². The minimum Gasteiger partial charge on any atom is -0.462 e. The van der Waals surface area contributed by atoms with Crippen LogP contribution >= 0.6 is 17.0 Å². The summed E-state index contributed by atoms with van der Waals surface area (Å²) in [5.41, 5.74) is -0.122. The van der Waals surface area contributed by atoms with Crippen LogP contribution in [0.15, 0.2) is 0 Å². The Hall–Kier alpha value is -0.0900. The highest BCUT2D eigenvalue weighted by molar-refractivity contribution is 8.93. The number of halogens is 1. The maximum atomic E-state index is 13.4. The van der Waals surface area contributed by atoms with Gasteiger partial charge in [-0.2, -0.15) is 0 Å². The van der Waals surface area contributed by atoms with Gasteiger partial charge >= 0.3 is 5.97 Å². The first-order valence-electron chi connectivity index (χ1n) is 14.3. The molecule has 0 amide bonds. The quantitative estimate of drug-likeness (QED) is 0.149. The summed E-state index contributed by atoms with van der Waals surface area (Å²) in [5.74, 6) is 3.02. The molecule has 4 aliphatic rings. The van der Waals surface area contributed by atoms with Crippen molar-refractivity contribution in [3.05, 3.63) is 0 Å². The molecule has 4 saturated carbocycles. The van der Waals surface area contributed by atoms with Crippen molar-refractivity contribution < 1.29 is 9.53 Å². The molecule has 33 heavy (non-hydrogen) atoms. The van der Waals surface area contributed by atoms with Crippen LogP contribution in [-0.4, -0.2) is 37.6 Å². The Morgan fingerprint density at radius 2 is 1.30 bits per heavy atom. The Kier molecular flexibility index (Phi) is 12.8. The van der Waals surface area contributed by atoms with Crippen molar-refractivity contribution in [2.24, 2.45) is 29.1 Å². The zero-order valence-corrected chi connectivity index (χ0v) is 24.0. The molecule has 0 saturated heterocycles.